The summed E-state index contributed by atoms with van der Waals surface area (Å²) >= 11 is 0. The summed E-state index contributed by atoms with van der Waals surface area (Å²) in [4.78, 5) is 52.6. The van der Waals surface area contributed by atoms with Gasteiger partial charge in [0, 0.05) is 12.1 Å². The normalized spacial score (nSPS) is 15.8. The Bertz CT molecular complexity index is 1320. The van der Waals surface area contributed by atoms with Crippen molar-refractivity contribution >= 4 is 23.6 Å². The quantitative estimate of drug-likeness (QED) is 0.360. The molecule has 1 aliphatic rings. The number of hydrogen-bond donors (Lipinski definition) is 1. The highest BCUT2D eigenvalue weighted by Gasteiger charge is 2.47. The first kappa shape index (κ1) is 28.6. The molecule has 40 heavy (non-hydrogen) atoms. The van der Waals surface area contributed by atoms with Gasteiger partial charge in [-0.25, -0.2) is 4.79 Å². The van der Waals surface area contributed by atoms with Crippen molar-refractivity contribution in [3.8, 4) is 0 Å². The van der Waals surface area contributed by atoms with Gasteiger partial charge in [0.2, 0.25) is 11.7 Å². The average molecular weight is 549 g/mol. The molecule has 1 fully saturated rings. The van der Waals surface area contributed by atoms with Crippen molar-refractivity contribution in [3.05, 3.63) is 108 Å². The standard InChI is InChI=1S/C31H30F2N2O5/c32-31(33,20-27(36)35-18-10-17-26(35)30(39)40-21-23-13-6-2-7-14-23)28(37)25(19-22-11-4-1-5-12-22)34-29(38)24-15-8-3-9-16-24/h1-9,11-16,25-26H,10,17-21H2,(H,34,38)/t25?,26-/m0/s1. The summed E-state index contributed by atoms with van der Waals surface area (Å²) in [5.41, 5.74) is 1.53. The van der Waals surface area contributed by atoms with Crippen molar-refractivity contribution in [2.24, 2.45) is 0 Å². The van der Waals surface area contributed by atoms with Gasteiger partial charge in [-0.05, 0) is 42.5 Å². The zero-order chi connectivity index (χ0) is 28.5. The number of amides is 2. The van der Waals surface area contributed by atoms with Gasteiger partial charge in [-0.3, -0.25) is 14.4 Å². The molecular formula is C31H30F2N2O5. The van der Waals surface area contributed by atoms with Gasteiger partial charge in [0.15, 0.2) is 0 Å². The molecule has 3 aromatic rings. The number of halogens is 2. The average Bonchev–Trinajstić information content (AvgIpc) is 3.47. The molecule has 2 amide bonds. The molecule has 0 radical (unpaired) electrons. The van der Waals surface area contributed by atoms with Gasteiger partial charge in [-0.2, -0.15) is 8.78 Å². The lowest BCUT2D eigenvalue weighted by Gasteiger charge is -2.27. The fraction of sp³-hybridized carbons (Fsp3) is 0.290. The van der Waals surface area contributed by atoms with Crippen LogP contribution in [0.1, 0.15) is 40.7 Å². The van der Waals surface area contributed by atoms with E-state index in [9.17, 15) is 19.2 Å². The number of nitrogens with one attached hydrogen (secondary N) is 1. The predicted octanol–water partition coefficient (Wildman–Crippen LogP) is 4.36. The van der Waals surface area contributed by atoms with E-state index in [4.69, 9.17) is 4.74 Å². The molecule has 0 aliphatic carbocycles. The number of Topliss-reactive ketones (excluding diaryl/α,β-unsaturated/α-hetero) is 1. The number of nitrogens with zero attached hydrogens (tertiary/aromatic N) is 1. The Kier molecular flexibility index (Phi) is 9.37. The number of rotatable bonds is 11. The van der Waals surface area contributed by atoms with E-state index < -0.39 is 48.0 Å². The van der Waals surface area contributed by atoms with Gasteiger partial charge in [0.1, 0.15) is 12.6 Å². The van der Waals surface area contributed by atoms with Gasteiger partial charge >= 0.3 is 11.9 Å². The first-order valence-corrected chi connectivity index (χ1v) is 13.1. The number of hydrogen-bond acceptors (Lipinski definition) is 5. The molecule has 1 heterocycles. The number of carbonyl (C=O) groups excluding carboxylic acids is 4. The van der Waals surface area contributed by atoms with Crippen LogP contribution in [0.2, 0.25) is 0 Å². The Morgan fingerprint density at radius 1 is 0.875 bits per heavy atom. The zero-order valence-corrected chi connectivity index (χ0v) is 21.8. The number of ketones is 1. The minimum atomic E-state index is -4.08. The number of ether oxygens (including phenoxy) is 1. The molecule has 208 valence electrons. The minimum Gasteiger partial charge on any atom is -0.459 e. The number of benzene rings is 3. The van der Waals surface area contributed by atoms with E-state index in [1.807, 2.05) is 6.07 Å². The summed E-state index contributed by atoms with van der Waals surface area (Å²) < 4.78 is 36.0. The van der Waals surface area contributed by atoms with Crippen LogP contribution >= 0.6 is 0 Å². The van der Waals surface area contributed by atoms with Crippen LogP contribution in [0.5, 0.6) is 0 Å². The molecule has 1 aliphatic heterocycles. The summed E-state index contributed by atoms with van der Waals surface area (Å²) in [7, 11) is 0. The second kappa shape index (κ2) is 13.1. The Hall–Kier alpha value is -4.40. The minimum absolute atomic E-state index is 0.00483. The third-order valence-corrected chi connectivity index (χ3v) is 6.74. The molecule has 1 N–H and O–H groups in total. The van der Waals surface area contributed by atoms with Gasteiger partial charge in [0.05, 0.1) is 12.5 Å². The molecule has 1 unspecified atom stereocenters. The van der Waals surface area contributed by atoms with Crippen LogP contribution < -0.4 is 5.32 Å². The van der Waals surface area contributed by atoms with Crippen LogP contribution in [-0.4, -0.2) is 53.0 Å². The van der Waals surface area contributed by atoms with Crippen LogP contribution in [0, 0.1) is 0 Å². The van der Waals surface area contributed by atoms with E-state index in [1.165, 1.54) is 12.1 Å². The lowest BCUT2D eigenvalue weighted by molar-refractivity contribution is -0.160. The number of esters is 1. The number of likely N-dealkylation sites (tertiary alicyclic amines) is 1. The molecule has 9 heteroatoms. The molecule has 2 atom stereocenters. The Labute approximate surface area is 231 Å². The lowest BCUT2D eigenvalue weighted by atomic mass is 9.96. The second-order valence-corrected chi connectivity index (χ2v) is 9.67. The maximum Gasteiger partial charge on any atom is 0.329 e. The largest absolute Gasteiger partial charge is 0.459 e. The van der Waals surface area contributed by atoms with Crippen LogP contribution in [-0.2, 0) is 32.1 Å². The highest BCUT2D eigenvalue weighted by atomic mass is 19.3. The fourth-order valence-corrected chi connectivity index (χ4v) is 4.66. The van der Waals surface area contributed by atoms with Gasteiger partial charge in [-0.1, -0.05) is 78.9 Å². The molecule has 0 aromatic heterocycles. The zero-order valence-electron chi connectivity index (χ0n) is 21.8. The Balaban J connectivity index is 1.44. The van der Waals surface area contributed by atoms with Crippen LogP contribution in [0.15, 0.2) is 91.0 Å². The Morgan fingerprint density at radius 3 is 2.08 bits per heavy atom. The van der Waals surface area contributed by atoms with Crippen molar-refractivity contribution in [2.45, 2.75) is 50.3 Å². The van der Waals surface area contributed by atoms with E-state index in [1.54, 1.807) is 72.8 Å². The summed E-state index contributed by atoms with van der Waals surface area (Å²) in [6, 6.07) is 22.8. The molecular weight excluding hydrogens is 518 g/mol. The molecule has 4 rings (SSSR count). The first-order valence-electron chi connectivity index (χ1n) is 13.1. The van der Waals surface area contributed by atoms with E-state index in [0.717, 1.165) is 10.5 Å². The first-order chi connectivity index (χ1) is 19.2. The summed E-state index contributed by atoms with van der Waals surface area (Å²) in [6.07, 6.45) is -0.871. The molecule has 0 spiro atoms. The van der Waals surface area contributed by atoms with Crippen molar-refractivity contribution in [1.29, 1.82) is 0 Å². The fourth-order valence-electron chi connectivity index (χ4n) is 4.66. The summed E-state index contributed by atoms with van der Waals surface area (Å²) in [6.45, 7) is 0.0987. The highest BCUT2D eigenvalue weighted by molar-refractivity contribution is 6.01. The monoisotopic (exact) mass is 548 g/mol. The summed E-state index contributed by atoms with van der Waals surface area (Å²) in [5.74, 6) is -8.04. The summed E-state index contributed by atoms with van der Waals surface area (Å²) in [5, 5.41) is 2.42. The van der Waals surface area contributed by atoms with E-state index >= 15 is 8.78 Å². The predicted molar refractivity (Wildman–Crippen MR) is 143 cm³/mol. The molecule has 3 aromatic carbocycles. The highest BCUT2D eigenvalue weighted by Crippen LogP contribution is 2.28. The lowest BCUT2D eigenvalue weighted by Crippen LogP contribution is -2.51. The van der Waals surface area contributed by atoms with E-state index in [-0.39, 0.29) is 31.6 Å². The third kappa shape index (κ3) is 7.37. The topological polar surface area (TPSA) is 92.8 Å². The van der Waals surface area contributed by atoms with Crippen molar-refractivity contribution in [3.63, 3.8) is 0 Å². The molecule has 0 saturated carbocycles. The molecule has 1 saturated heterocycles. The van der Waals surface area contributed by atoms with Crippen LogP contribution in [0.3, 0.4) is 0 Å². The van der Waals surface area contributed by atoms with Crippen LogP contribution in [0.4, 0.5) is 8.78 Å². The maximum absolute atomic E-state index is 15.4. The van der Waals surface area contributed by atoms with Crippen LogP contribution in [0.25, 0.3) is 0 Å². The molecule has 0 bridgehead atoms. The SMILES string of the molecule is O=C(NC(Cc1ccccc1)C(=O)C(F)(F)CC(=O)N1CCC[C@H]1C(=O)OCc1ccccc1)c1ccccc1. The van der Waals surface area contributed by atoms with Gasteiger partial charge in [0.25, 0.3) is 5.91 Å². The third-order valence-electron chi connectivity index (χ3n) is 6.74. The number of carbonyl (C=O) groups is 4. The number of alkyl halides is 2. The maximum atomic E-state index is 15.4. The van der Waals surface area contributed by atoms with Gasteiger partial charge < -0.3 is 15.0 Å². The van der Waals surface area contributed by atoms with Crippen molar-refractivity contribution in [2.75, 3.05) is 6.54 Å². The second-order valence-electron chi connectivity index (χ2n) is 9.67. The van der Waals surface area contributed by atoms with E-state index in [0.29, 0.717) is 12.0 Å². The molecule has 7 nitrogen and oxygen atoms in total. The van der Waals surface area contributed by atoms with Crippen molar-refractivity contribution in [1.82, 2.24) is 10.2 Å². The van der Waals surface area contributed by atoms with Gasteiger partial charge in [-0.15, -0.1) is 0 Å². The van der Waals surface area contributed by atoms with Crippen molar-refractivity contribution < 1.29 is 32.7 Å². The Morgan fingerprint density at radius 2 is 1.45 bits per heavy atom. The smallest absolute Gasteiger partial charge is 0.329 e. The van der Waals surface area contributed by atoms with E-state index in [2.05, 4.69) is 5.32 Å².